The van der Waals surface area contributed by atoms with Crippen LogP contribution in [0, 0.1) is 11.3 Å². The Hall–Kier alpha value is -2.46. The average Bonchev–Trinajstić information content (AvgIpc) is 2.72. The van der Waals surface area contributed by atoms with E-state index in [0.717, 1.165) is 38.2 Å². The molecule has 160 valence electrons. The maximum absolute atomic E-state index is 12.8. The second-order valence-electron chi connectivity index (χ2n) is 9.49. The minimum absolute atomic E-state index is 0.0564. The number of likely N-dealkylation sites (tertiary alicyclic amines) is 1. The van der Waals surface area contributed by atoms with Crippen LogP contribution in [0.3, 0.4) is 0 Å². The molecule has 2 heterocycles. The monoisotopic (exact) mass is 405 g/mol. The Bertz CT molecular complexity index is 840. The molecule has 1 aromatic carbocycles. The molecule has 1 N–H and O–H groups in total. The summed E-state index contributed by atoms with van der Waals surface area (Å²) >= 11 is 0. The highest BCUT2D eigenvalue weighted by Crippen LogP contribution is 2.30. The fraction of sp³-hybridized carbons (Fsp3) is 0.462. The van der Waals surface area contributed by atoms with Gasteiger partial charge in [-0.1, -0.05) is 68.8 Å². The molecule has 2 aromatic rings. The van der Waals surface area contributed by atoms with Gasteiger partial charge >= 0.3 is 0 Å². The zero-order chi connectivity index (χ0) is 21.6. The van der Waals surface area contributed by atoms with E-state index in [4.69, 9.17) is 0 Å². The Kier molecular flexibility index (Phi) is 7.43. The smallest absolute Gasteiger partial charge is 0.225 e. The summed E-state index contributed by atoms with van der Waals surface area (Å²) in [6.45, 7) is 11.1. The van der Waals surface area contributed by atoms with Gasteiger partial charge in [-0.15, -0.1) is 0 Å². The predicted octanol–water partition coefficient (Wildman–Crippen LogP) is 5.10. The van der Waals surface area contributed by atoms with E-state index in [-0.39, 0.29) is 11.9 Å². The molecule has 2 atom stereocenters. The summed E-state index contributed by atoms with van der Waals surface area (Å²) < 4.78 is 0. The summed E-state index contributed by atoms with van der Waals surface area (Å²) in [5.74, 6) is 0.430. The van der Waals surface area contributed by atoms with E-state index in [1.54, 1.807) is 0 Å². The molecule has 1 aliphatic heterocycles. The first-order chi connectivity index (χ1) is 14.3. The molecule has 1 amide bonds. The first-order valence-corrected chi connectivity index (χ1v) is 11.0. The molecule has 1 aromatic heterocycles. The number of nitrogens with one attached hydrogen (secondary N) is 1. The Morgan fingerprint density at radius 2 is 1.93 bits per heavy atom. The summed E-state index contributed by atoms with van der Waals surface area (Å²) in [6, 6.07) is 16.4. The number of amides is 1. The largest absolute Gasteiger partial charge is 0.347 e. The highest BCUT2D eigenvalue weighted by Gasteiger charge is 2.33. The summed E-state index contributed by atoms with van der Waals surface area (Å²) in [5.41, 5.74) is 3.14. The Morgan fingerprint density at radius 1 is 1.20 bits per heavy atom. The number of carbonyl (C=O) groups excluding carboxylic acids is 1. The molecule has 3 rings (SSSR count). The van der Waals surface area contributed by atoms with Crippen molar-refractivity contribution in [2.75, 3.05) is 19.6 Å². The Morgan fingerprint density at radius 3 is 2.60 bits per heavy atom. The van der Waals surface area contributed by atoms with Crippen LogP contribution < -0.4 is 5.32 Å². The van der Waals surface area contributed by atoms with Crippen LogP contribution in [0.2, 0.25) is 0 Å². The SMILES string of the molecule is C/C(=C\c1ccccc1)CN1CCC[C@H]([C@H](NC(=O)C(C)(C)C)c2ccccn2)C1. The zero-order valence-electron chi connectivity index (χ0n) is 18.8. The molecule has 0 spiro atoms. The second kappa shape index (κ2) is 10.0. The molecule has 1 aliphatic rings. The molecule has 0 radical (unpaired) electrons. The van der Waals surface area contributed by atoms with E-state index in [0.29, 0.717) is 5.92 Å². The van der Waals surface area contributed by atoms with Crippen molar-refractivity contribution < 1.29 is 4.79 Å². The van der Waals surface area contributed by atoms with Crippen molar-refractivity contribution in [1.82, 2.24) is 15.2 Å². The van der Waals surface area contributed by atoms with Crippen LogP contribution in [0.4, 0.5) is 0 Å². The van der Waals surface area contributed by atoms with Gasteiger partial charge in [-0.25, -0.2) is 0 Å². The number of hydrogen-bond acceptors (Lipinski definition) is 3. The van der Waals surface area contributed by atoms with Gasteiger partial charge in [0.25, 0.3) is 0 Å². The second-order valence-corrected chi connectivity index (χ2v) is 9.49. The van der Waals surface area contributed by atoms with Gasteiger partial charge < -0.3 is 5.32 Å². The van der Waals surface area contributed by atoms with Gasteiger partial charge in [-0.2, -0.15) is 0 Å². The third kappa shape index (κ3) is 6.27. The van der Waals surface area contributed by atoms with Gasteiger partial charge in [0.2, 0.25) is 5.91 Å². The van der Waals surface area contributed by atoms with Crippen LogP contribution in [-0.2, 0) is 4.79 Å². The van der Waals surface area contributed by atoms with Gasteiger partial charge in [0.1, 0.15) is 0 Å². The third-order valence-electron chi connectivity index (χ3n) is 5.67. The standard InChI is InChI=1S/C26H35N3O/c1-20(17-21-11-6-5-7-12-21)18-29-16-10-13-22(19-29)24(23-14-8-9-15-27-23)28-25(30)26(2,3)4/h5-9,11-12,14-15,17,22,24H,10,13,16,18-19H2,1-4H3,(H,28,30)/b20-17+/t22-,24-/m0/s1. The van der Waals surface area contributed by atoms with Crippen LogP contribution >= 0.6 is 0 Å². The van der Waals surface area contributed by atoms with Crippen molar-refractivity contribution in [2.24, 2.45) is 11.3 Å². The molecular weight excluding hydrogens is 370 g/mol. The number of benzene rings is 1. The summed E-state index contributed by atoms with van der Waals surface area (Å²) in [6.07, 6.45) is 6.32. The quantitative estimate of drug-likeness (QED) is 0.727. The number of rotatable bonds is 6. The molecule has 0 aliphatic carbocycles. The molecular formula is C26H35N3O. The number of hydrogen-bond donors (Lipinski definition) is 1. The van der Waals surface area contributed by atoms with Crippen molar-refractivity contribution >= 4 is 12.0 Å². The lowest BCUT2D eigenvalue weighted by Gasteiger charge is -2.38. The minimum Gasteiger partial charge on any atom is -0.347 e. The highest BCUT2D eigenvalue weighted by molar-refractivity contribution is 5.81. The molecule has 30 heavy (non-hydrogen) atoms. The van der Waals surface area contributed by atoms with Gasteiger partial charge in [-0.05, 0) is 49.9 Å². The van der Waals surface area contributed by atoms with E-state index >= 15 is 0 Å². The van der Waals surface area contributed by atoms with Crippen LogP contribution in [0.1, 0.15) is 57.8 Å². The van der Waals surface area contributed by atoms with Gasteiger partial charge in [-0.3, -0.25) is 14.7 Å². The normalized spacial score (nSPS) is 19.3. The number of nitrogens with zero attached hydrogens (tertiary/aromatic N) is 2. The number of piperidine rings is 1. The highest BCUT2D eigenvalue weighted by atomic mass is 16.2. The lowest BCUT2D eigenvalue weighted by molar-refractivity contribution is -0.129. The lowest BCUT2D eigenvalue weighted by atomic mass is 9.86. The van der Waals surface area contributed by atoms with E-state index < -0.39 is 5.41 Å². The molecule has 1 saturated heterocycles. The van der Waals surface area contributed by atoms with Crippen molar-refractivity contribution in [1.29, 1.82) is 0 Å². The van der Waals surface area contributed by atoms with Crippen molar-refractivity contribution in [3.05, 3.63) is 71.6 Å². The van der Waals surface area contributed by atoms with E-state index in [1.165, 1.54) is 11.1 Å². The maximum atomic E-state index is 12.8. The van der Waals surface area contributed by atoms with Gasteiger partial charge in [0, 0.05) is 24.7 Å². The summed E-state index contributed by atoms with van der Waals surface area (Å²) in [4.78, 5) is 19.9. The molecule has 0 saturated carbocycles. The molecule has 1 fully saturated rings. The Balaban J connectivity index is 1.72. The van der Waals surface area contributed by atoms with Crippen LogP contribution in [-0.4, -0.2) is 35.4 Å². The van der Waals surface area contributed by atoms with E-state index in [1.807, 2.05) is 51.2 Å². The summed E-state index contributed by atoms with van der Waals surface area (Å²) in [7, 11) is 0. The average molecular weight is 406 g/mol. The summed E-state index contributed by atoms with van der Waals surface area (Å²) in [5, 5.41) is 3.31. The molecule has 0 bridgehead atoms. The van der Waals surface area contributed by atoms with Crippen molar-refractivity contribution in [3.63, 3.8) is 0 Å². The van der Waals surface area contributed by atoms with Gasteiger partial charge in [0.15, 0.2) is 0 Å². The van der Waals surface area contributed by atoms with E-state index in [2.05, 4.69) is 52.5 Å². The van der Waals surface area contributed by atoms with Crippen molar-refractivity contribution in [2.45, 2.75) is 46.6 Å². The van der Waals surface area contributed by atoms with Crippen molar-refractivity contribution in [3.8, 4) is 0 Å². The fourth-order valence-corrected chi connectivity index (χ4v) is 4.09. The van der Waals surface area contributed by atoms with E-state index in [9.17, 15) is 4.79 Å². The fourth-order valence-electron chi connectivity index (χ4n) is 4.09. The molecule has 4 nitrogen and oxygen atoms in total. The van der Waals surface area contributed by atoms with Crippen LogP contribution in [0.15, 0.2) is 60.3 Å². The topological polar surface area (TPSA) is 45.2 Å². The molecule has 4 heteroatoms. The van der Waals surface area contributed by atoms with Crippen LogP contribution in [0.5, 0.6) is 0 Å². The predicted molar refractivity (Wildman–Crippen MR) is 124 cm³/mol. The number of aromatic nitrogens is 1. The minimum atomic E-state index is -0.420. The van der Waals surface area contributed by atoms with Gasteiger partial charge in [0.05, 0.1) is 11.7 Å². The third-order valence-corrected chi connectivity index (χ3v) is 5.67. The number of carbonyl (C=O) groups is 1. The number of pyridine rings is 1. The zero-order valence-corrected chi connectivity index (χ0v) is 18.8. The first-order valence-electron chi connectivity index (χ1n) is 11.0. The first kappa shape index (κ1) is 22.2. The lowest BCUT2D eigenvalue weighted by Crippen LogP contribution is -2.46. The maximum Gasteiger partial charge on any atom is 0.225 e. The molecule has 0 unspecified atom stereocenters. The van der Waals surface area contributed by atoms with Crippen LogP contribution in [0.25, 0.3) is 6.08 Å². The Labute approximate surface area is 181 Å².